The number of carboxylic acid groups (broad SMARTS) is 1. The second-order valence-electron chi connectivity index (χ2n) is 5.89. The molecule has 0 aliphatic carbocycles. The van der Waals surface area contributed by atoms with Crippen molar-refractivity contribution in [3.63, 3.8) is 0 Å². The van der Waals surface area contributed by atoms with E-state index in [1.54, 1.807) is 6.92 Å². The van der Waals surface area contributed by atoms with Crippen molar-refractivity contribution in [1.29, 1.82) is 0 Å². The third-order valence-corrected chi connectivity index (χ3v) is 4.40. The van der Waals surface area contributed by atoms with Crippen molar-refractivity contribution in [3.8, 4) is 17.2 Å². The first-order valence-electron chi connectivity index (χ1n) is 7.63. The lowest BCUT2D eigenvalue weighted by atomic mass is 10.0. The van der Waals surface area contributed by atoms with Crippen molar-refractivity contribution in [1.82, 2.24) is 0 Å². The third-order valence-electron chi connectivity index (χ3n) is 3.84. The molecule has 1 aliphatic heterocycles. The predicted octanol–water partition coefficient (Wildman–Crippen LogP) is 6.02. The fourth-order valence-corrected chi connectivity index (χ4v) is 3.15. The number of aryl methyl sites for hydroxylation is 1. The van der Waals surface area contributed by atoms with Crippen LogP contribution in [-0.2, 0) is 4.79 Å². The molecule has 0 saturated heterocycles. The molecule has 2 aromatic rings. The minimum Gasteiger partial charge on any atom is -0.478 e. The Kier molecular flexibility index (Phi) is 5.20. The lowest BCUT2D eigenvalue weighted by Crippen LogP contribution is -2.40. The Bertz CT molecular complexity index is 1000. The number of fused-ring (bicyclic) bond motifs is 1. The van der Waals surface area contributed by atoms with E-state index in [4.69, 9.17) is 32.7 Å². The summed E-state index contributed by atoms with van der Waals surface area (Å²) in [5.41, 5.74) is -0.685. The lowest BCUT2D eigenvalue weighted by Gasteiger charge is -2.28. The Hall–Kier alpha value is -2.45. The summed E-state index contributed by atoms with van der Waals surface area (Å²) < 4.78 is 64.0. The van der Waals surface area contributed by atoms with E-state index in [0.29, 0.717) is 11.6 Å². The highest BCUT2D eigenvalue weighted by atomic mass is 35.5. The molecule has 1 N–H and O–H groups in total. The van der Waals surface area contributed by atoms with Crippen LogP contribution in [0.1, 0.15) is 11.1 Å². The molecule has 1 unspecified atom stereocenters. The third kappa shape index (κ3) is 3.74. The zero-order valence-corrected chi connectivity index (χ0v) is 15.4. The van der Waals surface area contributed by atoms with Crippen molar-refractivity contribution >= 4 is 35.2 Å². The SMILES string of the molecule is Cc1ccc(F)c(Oc2c(Cl)cc(Cl)c3c2C=C(C(=O)O)C(C(F)(F)F)O3)c1. The molecule has 0 aromatic heterocycles. The molecule has 10 heteroatoms. The lowest BCUT2D eigenvalue weighted by molar-refractivity contribution is -0.187. The molecule has 4 nitrogen and oxygen atoms in total. The molecule has 0 bridgehead atoms. The molecule has 3 rings (SSSR count). The molecular weight excluding hydrogens is 427 g/mol. The van der Waals surface area contributed by atoms with Crippen LogP contribution in [0.5, 0.6) is 17.2 Å². The van der Waals surface area contributed by atoms with Gasteiger partial charge in [0, 0.05) is 0 Å². The number of carboxylic acids is 1. The van der Waals surface area contributed by atoms with Crippen molar-refractivity contribution in [2.24, 2.45) is 0 Å². The summed E-state index contributed by atoms with van der Waals surface area (Å²) in [6.07, 6.45) is -7.03. The minimum absolute atomic E-state index is 0.167. The number of halogens is 6. The van der Waals surface area contributed by atoms with Crippen LogP contribution >= 0.6 is 23.2 Å². The number of hydrogen-bond donors (Lipinski definition) is 1. The van der Waals surface area contributed by atoms with Gasteiger partial charge in [0.25, 0.3) is 0 Å². The van der Waals surface area contributed by atoms with E-state index in [0.717, 1.165) is 12.1 Å². The zero-order chi connectivity index (χ0) is 20.8. The Morgan fingerprint density at radius 1 is 1.21 bits per heavy atom. The first kappa shape index (κ1) is 20.3. The maximum Gasteiger partial charge on any atom is 0.430 e. The summed E-state index contributed by atoms with van der Waals surface area (Å²) in [4.78, 5) is 11.3. The summed E-state index contributed by atoms with van der Waals surface area (Å²) in [5.74, 6) is -3.62. The van der Waals surface area contributed by atoms with E-state index in [9.17, 15) is 27.5 Å². The van der Waals surface area contributed by atoms with Crippen LogP contribution in [0.3, 0.4) is 0 Å². The highest BCUT2D eigenvalue weighted by Crippen LogP contribution is 2.49. The average molecular weight is 437 g/mol. The van der Waals surface area contributed by atoms with Gasteiger partial charge in [-0.3, -0.25) is 0 Å². The molecule has 0 fully saturated rings. The monoisotopic (exact) mass is 436 g/mol. The summed E-state index contributed by atoms with van der Waals surface area (Å²) >= 11 is 12.0. The van der Waals surface area contributed by atoms with E-state index in [-0.39, 0.29) is 27.1 Å². The van der Waals surface area contributed by atoms with Crippen molar-refractivity contribution in [2.45, 2.75) is 19.2 Å². The maximum absolute atomic E-state index is 14.0. The fourth-order valence-electron chi connectivity index (χ4n) is 2.59. The molecule has 1 heterocycles. The molecule has 0 spiro atoms. The minimum atomic E-state index is -5.01. The molecular formula is C18H10Cl2F4O4. The van der Waals surface area contributed by atoms with Gasteiger partial charge in [-0.2, -0.15) is 13.2 Å². The highest BCUT2D eigenvalue weighted by molar-refractivity contribution is 6.37. The predicted molar refractivity (Wildman–Crippen MR) is 93.8 cm³/mol. The molecule has 1 atom stereocenters. The van der Waals surface area contributed by atoms with E-state index in [1.165, 1.54) is 12.1 Å². The van der Waals surface area contributed by atoms with Crippen LogP contribution in [0.2, 0.25) is 10.0 Å². The number of ether oxygens (including phenoxy) is 2. The Balaban J connectivity index is 2.20. The van der Waals surface area contributed by atoms with Crippen LogP contribution in [-0.4, -0.2) is 23.4 Å². The van der Waals surface area contributed by atoms with Crippen molar-refractivity contribution in [2.75, 3.05) is 0 Å². The molecule has 2 aromatic carbocycles. The van der Waals surface area contributed by atoms with E-state index in [1.807, 2.05) is 0 Å². The number of rotatable bonds is 3. The molecule has 148 valence electrons. The molecule has 1 aliphatic rings. The van der Waals surface area contributed by atoms with Gasteiger partial charge in [-0.1, -0.05) is 29.3 Å². The number of alkyl halides is 3. The highest BCUT2D eigenvalue weighted by Gasteiger charge is 2.49. The summed E-state index contributed by atoms with van der Waals surface area (Å²) in [6.45, 7) is 1.67. The Morgan fingerprint density at radius 3 is 2.50 bits per heavy atom. The summed E-state index contributed by atoms with van der Waals surface area (Å²) in [5, 5.41) is 8.73. The molecule has 28 heavy (non-hydrogen) atoms. The van der Waals surface area contributed by atoms with Crippen LogP contribution in [0.25, 0.3) is 6.08 Å². The topological polar surface area (TPSA) is 55.8 Å². The molecule has 0 radical (unpaired) electrons. The zero-order valence-electron chi connectivity index (χ0n) is 13.9. The number of aliphatic carboxylic acids is 1. The van der Waals surface area contributed by atoms with E-state index in [2.05, 4.69) is 0 Å². The van der Waals surface area contributed by atoms with Crippen LogP contribution in [0, 0.1) is 12.7 Å². The Labute approximate surface area is 165 Å². The van der Waals surface area contributed by atoms with Gasteiger partial charge in [-0.15, -0.1) is 0 Å². The Morgan fingerprint density at radius 2 is 1.89 bits per heavy atom. The van der Waals surface area contributed by atoms with Gasteiger partial charge in [-0.05, 0) is 36.8 Å². The molecule has 0 saturated carbocycles. The second kappa shape index (κ2) is 7.18. The summed E-state index contributed by atoms with van der Waals surface area (Å²) in [6, 6.07) is 5.03. The van der Waals surface area contributed by atoms with Gasteiger partial charge in [0.05, 0.1) is 21.2 Å². The van der Waals surface area contributed by atoms with Crippen LogP contribution < -0.4 is 9.47 Å². The van der Waals surface area contributed by atoms with Gasteiger partial charge in [-0.25, -0.2) is 9.18 Å². The average Bonchev–Trinajstić information content (AvgIpc) is 2.59. The molecule has 0 amide bonds. The summed E-state index contributed by atoms with van der Waals surface area (Å²) in [7, 11) is 0. The van der Waals surface area contributed by atoms with Crippen molar-refractivity contribution < 1.29 is 36.9 Å². The first-order chi connectivity index (χ1) is 13.0. The second-order valence-corrected chi connectivity index (χ2v) is 6.71. The van der Waals surface area contributed by atoms with Crippen LogP contribution in [0.15, 0.2) is 29.8 Å². The van der Waals surface area contributed by atoms with Gasteiger partial charge >= 0.3 is 12.1 Å². The van der Waals surface area contributed by atoms with Crippen LogP contribution in [0.4, 0.5) is 17.6 Å². The largest absolute Gasteiger partial charge is 0.478 e. The van der Waals surface area contributed by atoms with Gasteiger partial charge < -0.3 is 14.6 Å². The fraction of sp³-hybridized carbons (Fsp3) is 0.167. The standard InChI is InChI=1S/C18H10Cl2F4O4/c1-7-2-3-12(21)13(4-7)27-14-8-5-9(17(25)26)16(18(22,23)24)28-15(8)11(20)6-10(14)19/h2-6,16H,1H3,(H,25,26). The first-order valence-corrected chi connectivity index (χ1v) is 8.39. The van der Waals surface area contributed by atoms with Crippen molar-refractivity contribution in [3.05, 3.63) is 56.8 Å². The number of benzene rings is 2. The maximum atomic E-state index is 14.0. The van der Waals surface area contributed by atoms with E-state index >= 15 is 0 Å². The van der Waals surface area contributed by atoms with E-state index < -0.39 is 35.4 Å². The van der Waals surface area contributed by atoms with Gasteiger partial charge in [0.2, 0.25) is 6.10 Å². The number of hydrogen-bond acceptors (Lipinski definition) is 3. The van der Waals surface area contributed by atoms with Gasteiger partial charge in [0.1, 0.15) is 5.75 Å². The van der Waals surface area contributed by atoms with Gasteiger partial charge in [0.15, 0.2) is 17.3 Å². The smallest absolute Gasteiger partial charge is 0.430 e. The number of carbonyl (C=O) groups is 1. The normalized spacial score (nSPS) is 16.1. The quantitative estimate of drug-likeness (QED) is 0.597.